The Labute approximate surface area is 95.9 Å². The van der Waals surface area contributed by atoms with Crippen molar-refractivity contribution in [2.24, 2.45) is 17.6 Å². The first kappa shape index (κ1) is 11.1. The maximum absolute atomic E-state index is 6.35. The Morgan fingerprint density at radius 1 is 1.53 bits per heavy atom. The molecule has 0 spiro atoms. The van der Waals surface area contributed by atoms with E-state index in [1.807, 2.05) is 5.51 Å². The van der Waals surface area contributed by atoms with Gasteiger partial charge in [-0.05, 0) is 31.6 Å². The maximum atomic E-state index is 6.35. The minimum atomic E-state index is 0.222. The van der Waals surface area contributed by atoms with Crippen LogP contribution in [0.25, 0.3) is 0 Å². The van der Waals surface area contributed by atoms with E-state index in [2.05, 4.69) is 18.8 Å². The number of hydrogen-bond donors (Lipinski definition) is 1. The molecule has 1 fully saturated rings. The topological polar surface area (TPSA) is 38.9 Å². The first-order valence-corrected chi connectivity index (χ1v) is 6.72. The van der Waals surface area contributed by atoms with E-state index in [1.165, 1.54) is 30.6 Å². The standard InChI is InChI=1S/C12H20N2S/c1-8-4-3-5-10(6-8)11(13)12-9(2)14-7-15-12/h7-8,10-11H,3-6,13H2,1-2H3. The van der Waals surface area contributed by atoms with Gasteiger partial charge in [-0.3, -0.25) is 0 Å². The van der Waals surface area contributed by atoms with Crippen LogP contribution in [-0.4, -0.2) is 4.98 Å². The molecule has 0 aromatic carbocycles. The first-order chi connectivity index (χ1) is 7.18. The highest BCUT2D eigenvalue weighted by molar-refractivity contribution is 7.09. The third kappa shape index (κ3) is 2.40. The Morgan fingerprint density at radius 2 is 2.33 bits per heavy atom. The molecular formula is C12H20N2S. The second-order valence-electron chi connectivity index (χ2n) is 4.86. The lowest BCUT2D eigenvalue weighted by Crippen LogP contribution is -2.26. The fourth-order valence-electron chi connectivity index (χ4n) is 2.65. The quantitative estimate of drug-likeness (QED) is 0.837. The van der Waals surface area contributed by atoms with Crippen molar-refractivity contribution in [2.75, 3.05) is 0 Å². The van der Waals surface area contributed by atoms with Gasteiger partial charge in [0.1, 0.15) is 0 Å². The van der Waals surface area contributed by atoms with Gasteiger partial charge in [0, 0.05) is 10.9 Å². The van der Waals surface area contributed by atoms with Crippen LogP contribution in [0.3, 0.4) is 0 Å². The Balaban J connectivity index is 2.07. The van der Waals surface area contributed by atoms with E-state index < -0.39 is 0 Å². The molecule has 0 amide bonds. The zero-order valence-electron chi connectivity index (χ0n) is 9.57. The molecule has 0 radical (unpaired) electrons. The predicted molar refractivity (Wildman–Crippen MR) is 64.9 cm³/mol. The van der Waals surface area contributed by atoms with Crippen LogP contribution in [0.4, 0.5) is 0 Å². The highest BCUT2D eigenvalue weighted by atomic mass is 32.1. The first-order valence-electron chi connectivity index (χ1n) is 5.84. The molecule has 3 atom stereocenters. The normalized spacial score (nSPS) is 29.0. The summed E-state index contributed by atoms with van der Waals surface area (Å²) >= 11 is 1.72. The van der Waals surface area contributed by atoms with Gasteiger partial charge in [-0.25, -0.2) is 4.98 Å². The summed E-state index contributed by atoms with van der Waals surface area (Å²) in [6, 6.07) is 0.222. The molecule has 0 saturated heterocycles. The summed E-state index contributed by atoms with van der Waals surface area (Å²) in [5.74, 6) is 1.52. The van der Waals surface area contributed by atoms with Crippen molar-refractivity contribution >= 4 is 11.3 Å². The molecule has 3 heteroatoms. The molecule has 2 rings (SSSR count). The minimum Gasteiger partial charge on any atom is -0.323 e. The molecule has 1 aliphatic rings. The molecule has 15 heavy (non-hydrogen) atoms. The summed E-state index contributed by atoms with van der Waals surface area (Å²) in [4.78, 5) is 5.59. The lowest BCUT2D eigenvalue weighted by molar-refractivity contribution is 0.249. The fourth-order valence-corrected chi connectivity index (χ4v) is 3.55. The van der Waals surface area contributed by atoms with E-state index in [0.29, 0.717) is 5.92 Å². The van der Waals surface area contributed by atoms with Crippen molar-refractivity contribution in [1.29, 1.82) is 0 Å². The molecule has 1 aromatic rings. The Bertz CT molecular complexity index is 321. The van der Waals surface area contributed by atoms with Gasteiger partial charge in [-0.15, -0.1) is 11.3 Å². The summed E-state index contributed by atoms with van der Waals surface area (Å²) in [5, 5.41) is 0. The van der Waals surface area contributed by atoms with Crippen LogP contribution >= 0.6 is 11.3 Å². The molecule has 3 unspecified atom stereocenters. The number of aromatic nitrogens is 1. The van der Waals surface area contributed by atoms with Gasteiger partial charge in [0.2, 0.25) is 0 Å². The third-order valence-electron chi connectivity index (χ3n) is 3.57. The second-order valence-corrected chi connectivity index (χ2v) is 5.75. The van der Waals surface area contributed by atoms with Crippen LogP contribution in [0.2, 0.25) is 0 Å². The fraction of sp³-hybridized carbons (Fsp3) is 0.750. The number of hydrogen-bond acceptors (Lipinski definition) is 3. The van der Waals surface area contributed by atoms with E-state index in [-0.39, 0.29) is 6.04 Å². The zero-order valence-corrected chi connectivity index (χ0v) is 10.4. The van der Waals surface area contributed by atoms with Crippen molar-refractivity contribution in [1.82, 2.24) is 4.98 Å². The molecular weight excluding hydrogens is 204 g/mol. The monoisotopic (exact) mass is 224 g/mol. The predicted octanol–water partition coefficient (Wildman–Crippen LogP) is 3.28. The zero-order chi connectivity index (χ0) is 10.8. The lowest BCUT2D eigenvalue weighted by atomic mass is 9.78. The van der Waals surface area contributed by atoms with E-state index in [4.69, 9.17) is 5.73 Å². The molecule has 0 bridgehead atoms. The van der Waals surface area contributed by atoms with Crippen molar-refractivity contribution in [2.45, 2.75) is 45.6 Å². The van der Waals surface area contributed by atoms with Crippen LogP contribution < -0.4 is 5.73 Å². The highest BCUT2D eigenvalue weighted by Crippen LogP contribution is 2.37. The van der Waals surface area contributed by atoms with Crippen molar-refractivity contribution in [3.05, 3.63) is 16.1 Å². The Kier molecular flexibility index (Phi) is 3.42. The Morgan fingerprint density at radius 3 is 2.93 bits per heavy atom. The second kappa shape index (κ2) is 4.62. The average molecular weight is 224 g/mol. The highest BCUT2D eigenvalue weighted by Gasteiger charge is 2.26. The lowest BCUT2D eigenvalue weighted by Gasteiger charge is -2.30. The molecule has 1 saturated carbocycles. The summed E-state index contributed by atoms with van der Waals surface area (Å²) in [7, 11) is 0. The molecule has 0 aliphatic heterocycles. The van der Waals surface area contributed by atoms with Crippen LogP contribution in [0.1, 0.15) is 49.2 Å². The largest absolute Gasteiger partial charge is 0.323 e. The van der Waals surface area contributed by atoms with Crippen LogP contribution in [0.15, 0.2) is 5.51 Å². The molecule has 1 aliphatic carbocycles. The Hall–Kier alpha value is -0.410. The molecule has 2 N–H and O–H groups in total. The van der Waals surface area contributed by atoms with Crippen molar-refractivity contribution < 1.29 is 0 Å². The molecule has 1 aromatic heterocycles. The van der Waals surface area contributed by atoms with Gasteiger partial charge in [0.25, 0.3) is 0 Å². The molecule has 1 heterocycles. The van der Waals surface area contributed by atoms with Gasteiger partial charge in [-0.2, -0.15) is 0 Å². The van der Waals surface area contributed by atoms with Crippen molar-refractivity contribution in [3.8, 4) is 0 Å². The summed E-state index contributed by atoms with van der Waals surface area (Å²) in [6.07, 6.45) is 5.31. The summed E-state index contributed by atoms with van der Waals surface area (Å²) < 4.78 is 0. The van der Waals surface area contributed by atoms with Gasteiger partial charge in [0.05, 0.1) is 11.2 Å². The number of nitrogens with zero attached hydrogens (tertiary/aromatic N) is 1. The van der Waals surface area contributed by atoms with Crippen LogP contribution in [0.5, 0.6) is 0 Å². The van der Waals surface area contributed by atoms with E-state index >= 15 is 0 Å². The summed E-state index contributed by atoms with van der Waals surface area (Å²) in [5.41, 5.74) is 9.39. The van der Waals surface area contributed by atoms with E-state index in [9.17, 15) is 0 Å². The molecule has 84 valence electrons. The summed E-state index contributed by atoms with van der Waals surface area (Å²) in [6.45, 7) is 4.41. The van der Waals surface area contributed by atoms with Gasteiger partial charge >= 0.3 is 0 Å². The van der Waals surface area contributed by atoms with Crippen LogP contribution in [-0.2, 0) is 0 Å². The van der Waals surface area contributed by atoms with Crippen molar-refractivity contribution in [3.63, 3.8) is 0 Å². The number of rotatable bonds is 2. The maximum Gasteiger partial charge on any atom is 0.0798 e. The molecule has 2 nitrogen and oxygen atoms in total. The SMILES string of the molecule is Cc1ncsc1C(N)C1CCCC(C)C1. The third-order valence-corrected chi connectivity index (χ3v) is 4.60. The number of thiazole rings is 1. The van der Waals surface area contributed by atoms with Gasteiger partial charge in [0.15, 0.2) is 0 Å². The smallest absolute Gasteiger partial charge is 0.0798 e. The van der Waals surface area contributed by atoms with E-state index in [1.54, 1.807) is 11.3 Å². The minimum absolute atomic E-state index is 0.222. The number of nitrogens with two attached hydrogens (primary N) is 1. The average Bonchev–Trinajstić information content (AvgIpc) is 2.63. The van der Waals surface area contributed by atoms with Gasteiger partial charge in [-0.1, -0.05) is 19.8 Å². The number of aryl methyl sites for hydroxylation is 1. The van der Waals surface area contributed by atoms with Crippen LogP contribution in [0, 0.1) is 18.8 Å². The van der Waals surface area contributed by atoms with Gasteiger partial charge < -0.3 is 5.73 Å². The van der Waals surface area contributed by atoms with E-state index in [0.717, 1.165) is 11.6 Å².